The molecule has 0 aliphatic carbocycles. The summed E-state index contributed by atoms with van der Waals surface area (Å²) in [6.07, 6.45) is -0.109. The molecule has 102 valence electrons. The van der Waals surface area contributed by atoms with Gasteiger partial charge in [0.1, 0.15) is 17.3 Å². The van der Waals surface area contributed by atoms with E-state index in [0.717, 1.165) is 5.75 Å². The minimum absolute atomic E-state index is 0.109. The summed E-state index contributed by atoms with van der Waals surface area (Å²) in [5.74, 6) is 0.961. The molecule has 0 radical (unpaired) electrons. The molecule has 0 aliphatic heterocycles. The lowest BCUT2D eigenvalue weighted by Crippen LogP contribution is -2.20. The lowest BCUT2D eigenvalue weighted by Gasteiger charge is -2.07. The van der Waals surface area contributed by atoms with E-state index in [1.165, 1.54) is 0 Å². The van der Waals surface area contributed by atoms with Crippen molar-refractivity contribution in [3.05, 3.63) is 54.6 Å². The van der Waals surface area contributed by atoms with Gasteiger partial charge in [-0.15, -0.1) is 0 Å². The van der Waals surface area contributed by atoms with E-state index in [9.17, 15) is 4.79 Å². The van der Waals surface area contributed by atoms with Crippen LogP contribution in [0, 0.1) is 5.41 Å². The summed E-state index contributed by atoms with van der Waals surface area (Å²) in [7, 11) is 0. The number of nitrogens with one attached hydrogen (secondary N) is 2. The van der Waals surface area contributed by atoms with Crippen LogP contribution in [0.3, 0.4) is 0 Å². The van der Waals surface area contributed by atoms with Gasteiger partial charge in [-0.2, -0.15) is 0 Å². The third-order valence-electron chi connectivity index (χ3n) is 2.47. The quantitative estimate of drug-likeness (QED) is 0.576. The molecule has 0 aliphatic rings. The van der Waals surface area contributed by atoms with Gasteiger partial charge in [0.05, 0.1) is 6.42 Å². The molecule has 2 aromatic rings. The fourth-order valence-corrected chi connectivity index (χ4v) is 1.61. The topological polar surface area (TPSA) is 88.2 Å². The number of carbonyl (C=O) groups excluding carboxylic acids is 1. The van der Waals surface area contributed by atoms with Crippen LogP contribution in [-0.2, 0) is 4.79 Å². The van der Waals surface area contributed by atoms with Crippen molar-refractivity contribution in [2.45, 2.75) is 6.42 Å². The van der Waals surface area contributed by atoms with Crippen LogP contribution in [0.25, 0.3) is 0 Å². The molecule has 20 heavy (non-hydrogen) atoms. The molecular formula is C15H15N3O2. The maximum absolute atomic E-state index is 11.4. The summed E-state index contributed by atoms with van der Waals surface area (Å²) in [5, 5.41) is 9.70. The number of ether oxygens (including phenoxy) is 1. The largest absolute Gasteiger partial charge is 0.457 e. The average molecular weight is 269 g/mol. The van der Waals surface area contributed by atoms with E-state index in [1.807, 2.05) is 30.3 Å². The van der Waals surface area contributed by atoms with Crippen LogP contribution in [0.5, 0.6) is 11.5 Å². The van der Waals surface area contributed by atoms with E-state index < -0.39 is 0 Å². The summed E-state index contributed by atoms with van der Waals surface area (Å²) in [6, 6.07) is 16.4. The first-order valence-corrected chi connectivity index (χ1v) is 6.09. The number of amidine groups is 1. The fourth-order valence-electron chi connectivity index (χ4n) is 1.61. The second-order valence-electron chi connectivity index (χ2n) is 4.19. The average Bonchev–Trinajstić information content (AvgIpc) is 2.41. The Morgan fingerprint density at radius 3 is 2.25 bits per heavy atom. The van der Waals surface area contributed by atoms with Crippen molar-refractivity contribution >= 4 is 17.4 Å². The van der Waals surface area contributed by atoms with E-state index in [1.54, 1.807) is 24.3 Å². The number of para-hydroxylation sites is 1. The van der Waals surface area contributed by atoms with Gasteiger partial charge in [0.25, 0.3) is 0 Å². The Labute approximate surface area is 116 Å². The third-order valence-corrected chi connectivity index (χ3v) is 2.47. The van der Waals surface area contributed by atoms with Gasteiger partial charge in [0.2, 0.25) is 5.91 Å². The third kappa shape index (κ3) is 4.13. The van der Waals surface area contributed by atoms with Gasteiger partial charge in [0.15, 0.2) is 0 Å². The van der Waals surface area contributed by atoms with Crippen LogP contribution in [0.1, 0.15) is 6.42 Å². The first kappa shape index (κ1) is 13.6. The molecule has 5 heteroatoms. The van der Waals surface area contributed by atoms with Gasteiger partial charge in [0, 0.05) is 5.69 Å². The maximum Gasteiger partial charge on any atom is 0.231 e. The molecular weight excluding hydrogens is 254 g/mol. The smallest absolute Gasteiger partial charge is 0.231 e. The Kier molecular flexibility index (Phi) is 4.34. The summed E-state index contributed by atoms with van der Waals surface area (Å²) in [4.78, 5) is 11.4. The number of benzene rings is 2. The monoisotopic (exact) mass is 269 g/mol. The molecule has 2 aromatic carbocycles. The molecule has 0 unspecified atom stereocenters. The van der Waals surface area contributed by atoms with Crippen LogP contribution in [0.15, 0.2) is 54.6 Å². The second-order valence-corrected chi connectivity index (χ2v) is 4.19. The Morgan fingerprint density at radius 2 is 1.65 bits per heavy atom. The fraction of sp³-hybridized carbons (Fsp3) is 0.0667. The summed E-state index contributed by atoms with van der Waals surface area (Å²) < 4.78 is 5.64. The van der Waals surface area contributed by atoms with Crippen molar-refractivity contribution in [1.82, 2.24) is 0 Å². The molecule has 0 aromatic heterocycles. The lowest BCUT2D eigenvalue weighted by atomic mass is 10.3. The molecule has 0 saturated heterocycles. The molecule has 0 bridgehead atoms. The number of rotatable bonds is 5. The zero-order valence-electron chi connectivity index (χ0n) is 10.8. The molecule has 0 spiro atoms. The van der Waals surface area contributed by atoms with Gasteiger partial charge in [-0.1, -0.05) is 18.2 Å². The molecule has 0 atom stereocenters. The number of amides is 1. The molecule has 0 heterocycles. The highest BCUT2D eigenvalue weighted by atomic mass is 16.5. The predicted octanol–water partition coefficient (Wildman–Crippen LogP) is 2.74. The van der Waals surface area contributed by atoms with Gasteiger partial charge in [-0.25, -0.2) is 0 Å². The number of anilines is 1. The number of carbonyl (C=O) groups is 1. The standard InChI is InChI=1S/C15H15N3O2/c16-14(17)10-15(19)18-11-6-8-13(9-7-11)20-12-4-2-1-3-5-12/h1-9H,10H2,(H3,16,17)(H,18,19). The van der Waals surface area contributed by atoms with Crippen molar-refractivity contribution in [2.75, 3.05) is 5.32 Å². The van der Waals surface area contributed by atoms with Crippen LogP contribution in [-0.4, -0.2) is 11.7 Å². The molecule has 4 N–H and O–H groups in total. The van der Waals surface area contributed by atoms with E-state index in [2.05, 4.69) is 5.32 Å². The SMILES string of the molecule is N=C(N)CC(=O)Nc1ccc(Oc2ccccc2)cc1. The highest BCUT2D eigenvalue weighted by Crippen LogP contribution is 2.22. The summed E-state index contributed by atoms with van der Waals surface area (Å²) >= 11 is 0. The van der Waals surface area contributed by atoms with Crippen molar-refractivity contribution in [2.24, 2.45) is 5.73 Å². The normalized spacial score (nSPS) is 9.80. The Bertz CT molecular complexity index is 594. The van der Waals surface area contributed by atoms with Crippen LogP contribution in [0.2, 0.25) is 0 Å². The van der Waals surface area contributed by atoms with Gasteiger partial charge in [-0.05, 0) is 36.4 Å². The Balaban J connectivity index is 1.96. The molecule has 2 rings (SSSR count). The van der Waals surface area contributed by atoms with Crippen LogP contribution >= 0.6 is 0 Å². The number of nitrogens with two attached hydrogens (primary N) is 1. The first-order valence-electron chi connectivity index (χ1n) is 6.09. The van der Waals surface area contributed by atoms with Gasteiger partial charge in [-0.3, -0.25) is 10.2 Å². The molecule has 1 amide bonds. The van der Waals surface area contributed by atoms with Crippen LogP contribution in [0.4, 0.5) is 5.69 Å². The zero-order valence-corrected chi connectivity index (χ0v) is 10.8. The van der Waals surface area contributed by atoms with E-state index in [0.29, 0.717) is 11.4 Å². The predicted molar refractivity (Wildman–Crippen MR) is 78.1 cm³/mol. The lowest BCUT2D eigenvalue weighted by molar-refractivity contribution is -0.115. The second kappa shape index (κ2) is 6.38. The van der Waals surface area contributed by atoms with Gasteiger partial charge < -0.3 is 15.8 Å². The maximum atomic E-state index is 11.4. The first-order chi connectivity index (χ1) is 9.63. The minimum Gasteiger partial charge on any atom is -0.457 e. The van der Waals surface area contributed by atoms with E-state index in [-0.39, 0.29) is 18.2 Å². The molecule has 5 nitrogen and oxygen atoms in total. The van der Waals surface area contributed by atoms with Crippen molar-refractivity contribution in [1.29, 1.82) is 5.41 Å². The zero-order chi connectivity index (χ0) is 14.4. The number of hydrogen-bond donors (Lipinski definition) is 3. The van der Waals surface area contributed by atoms with E-state index >= 15 is 0 Å². The summed E-state index contributed by atoms with van der Waals surface area (Å²) in [5.41, 5.74) is 5.80. The van der Waals surface area contributed by atoms with E-state index in [4.69, 9.17) is 15.9 Å². The molecule has 0 fully saturated rings. The highest BCUT2D eigenvalue weighted by Gasteiger charge is 2.04. The van der Waals surface area contributed by atoms with Crippen molar-refractivity contribution < 1.29 is 9.53 Å². The van der Waals surface area contributed by atoms with Crippen molar-refractivity contribution in [3.63, 3.8) is 0 Å². The molecule has 0 saturated carbocycles. The van der Waals surface area contributed by atoms with Crippen LogP contribution < -0.4 is 15.8 Å². The van der Waals surface area contributed by atoms with Gasteiger partial charge >= 0.3 is 0 Å². The van der Waals surface area contributed by atoms with Crippen molar-refractivity contribution in [3.8, 4) is 11.5 Å². The summed E-state index contributed by atoms with van der Waals surface area (Å²) in [6.45, 7) is 0. The number of hydrogen-bond acceptors (Lipinski definition) is 3. The highest BCUT2D eigenvalue weighted by molar-refractivity contribution is 6.03. The Morgan fingerprint density at radius 1 is 1.05 bits per heavy atom. The minimum atomic E-state index is -0.311. The Hall–Kier alpha value is -2.82.